The maximum Gasteiger partial charge on any atom is 0.215 e. The molecule has 1 saturated heterocycles. The number of nitrogens with one attached hydrogen (secondary N) is 2. The molecule has 2 heterocycles. The average Bonchev–Trinajstić information content (AvgIpc) is 3.11. The number of hydrogen-bond donors (Lipinski definition) is 2. The van der Waals surface area contributed by atoms with Gasteiger partial charge in [-0.15, -0.1) is 10.2 Å². The van der Waals surface area contributed by atoms with Crippen LogP contribution in [0.3, 0.4) is 0 Å². The summed E-state index contributed by atoms with van der Waals surface area (Å²) < 4.78 is 8.71. The Morgan fingerprint density at radius 3 is 2.70 bits per heavy atom. The van der Waals surface area contributed by atoms with Crippen molar-refractivity contribution in [1.29, 1.82) is 0 Å². The Bertz CT molecular complexity index is 585. The predicted octanol–water partition coefficient (Wildman–Crippen LogP) is 4.05. The normalized spacial score (nSPS) is 14.7. The van der Waals surface area contributed by atoms with Crippen molar-refractivity contribution in [2.24, 2.45) is 0 Å². The molecule has 0 unspecified atom stereocenters. The van der Waals surface area contributed by atoms with Crippen LogP contribution >= 0.6 is 23.3 Å². The number of piperidine rings is 1. The number of nitrogens with zero attached hydrogens (tertiary/aromatic N) is 2. The largest absolute Gasteiger partial charge is 0.496 e. The summed E-state index contributed by atoms with van der Waals surface area (Å²) in [4.78, 5) is 0. The molecule has 0 radical (unpaired) electrons. The zero-order valence-corrected chi connectivity index (χ0v) is 15.5. The molecule has 2 N–H and O–H groups in total. The molecule has 0 bridgehead atoms. The standard InChI is InChI=1S/C14H18N4OS2.C2H6/c1-19-12-5-3-2-4-11(12)13-16-17-14(20-13)18-21-10-6-8-15-9-7-10;1-2/h2-5,10,15H,6-9H2,1H3,(H,17,18);1-2H3. The molecular formula is C16H24N4OS2. The summed E-state index contributed by atoms with van der Waals surface area (Å²) in [5.74, 6) is 0.825. The third-order valence-electron chi connectivity index (χ3n) is 3.36. The summed E-state index contributed by atoms with van der Waals surface area (Å²) >= 11 is 3.31. The van der Waals surface area contributed by atoms with Crippen molar-refractivity contribution in [2.75, 3.05) is 24.9 Å². The van der Waals surface area contributed by atoms with Crippen molar-refractivity contribution in [3.8, 4) is 16.3 Å². The van der Waals surface area contributed by atoms with Gasteiger partial charge in [0.1, 0.15) is 5.75 Å². The fourth-order valence-electron chi connectivity index (χ4n) is 2.24. The van der Waals surface area contributed by atoms with Crippen LogP contribution in [0.15, 0.2) is 24.3 Å². The summed E-state index contributed by atoms with van der Waals surface area (Å²) in [5.41, 5.74) is 0.984. The van der Waals surface area contributed by atoms with E-state index in [0.29, 0.717) is 5.25 Å². The van der Waals surface area contributed by atoms with Crippen molar-refractivity contribution in [3.63, 3.8) is 0 Å². The molecule has 0 saturated carbocycles. The molecule has 7 heteroatoms. The predicted molar refractivity (Wildman–Crippen MR) is 100 cm³/mol. The number of benzene rings is 1. The summed E-state index contributed by atoms with van der Waals surface area (Å²) in [6.07, 6.45) is 2.38. The average molecular weight is 353 g/mol. The number of para-hydroxylation sites is 1. The first-order valence-corrected chi connectivity index (χ1v) is 9.65. The molecule has 1 fully saturated rings. The van der Waals surface area contributed by atoms with Crippen molar-refractivity contribution in [3.05, 3.63) is 24.3 Å². The molecule has 2 aromatic rings. The fourth-order valence-corrected chi connectivity index (χ4v) is 3.96. The lowest BCUT2D eigenvalue weighted by Crippen LogP contribution is -2.29. The molecule has 1 aromatic carbocycles. The highest BCUT2D eigenvalue weighted by molar-refractivity contribution is 8.01. The first kappa shape index (κ1) is 18.0. The van der Waals surface area contributed by atoms with E-state index in [1.54, 1.807) is 30.4 Å². The van der Waals surface area contributed by atoms with Crippen molar-refractivity contribution in [1.82, 2.24) is 15.5 Å². The van der Waals surface area contributed by atoms with Gasteiger partial charge in [-0.2, -0.15) is 0 Å². The van der Waals surface area contributed by atoms with E-state index in [9.17, 15) is 0 Å². The molecule has 0 atom stereocenters. The van der Waals surface area contributed by atoms with Gasteiger partial charge in [0.2, 0.25) is 5.13 Å². The van der Waals surface area contributed by atoms with Gasteiger partial charge in [-0.25, -0.2) is 0 Å². The highest BCUT2D eigenvalue weighted by Gasteiger charge is 2.15. The van der Waals surface area contributed by atoms with Gasteiger partial charge >= 0.3 is 0 Å². The molecule has 126 valence electrons. The first-order valence-electron chi connectivity index (χ1n) is 7.96. The van der Waals surface area contributed by atoms with Gasteiger partial charge in [0.05, 0.1) is 12.7 Å². The van der Waals surface area contributed by atoms with Crippen molar-refractivity contribution in [2.45, 2.75) is 31.9 Å². The summed E-state index contributed by atoms with van der Waals surface area (Å²) in [7, 11) is 1.67. The molecule has 0 spiro atoms. The van der Waals surface area contributed by atoms with Crippen LogP contribution in [0.2, 0.25) is 0 Å². The Morgan fingerprint density at radius 2 is 1.96 bits per heavy atom. The van der Waals surface area contributed by atoms with Crippen molar-refractivity contribution >= 4 is 28.4 Å². The monoisotopic (exact) mass is 352 g/mol. The Balaban J connectivity index is 0.000000924. The molecule has 5 nitrogen and oxygen atoms in total. The fraction of sp³-hybridized carbons (Fsp3) is 0.500. The molecule has 0 amide bonds. The van der Waals surface area contributed by atoms with Crippen LogP contribution in [0.5, 0.6) is 5.75 Å². The van der Waals surface area contributed by atoms with E-state index in [1.165, 1.54) is 12.8 Å². The van der Waals surface area contributed by atoms with E-state index in [2.05, 4.69) is 20.2 Å². The minimum absolute atomic E-state index is 0.643. The third-order valence-corrected chi connectivity index (χ3v) is 5.48. The van der Waals surface area contributed by atoms with Gasteiger partial charge in [-0.1, -0.05) is 37.3 Å². The molecule has 23 heavy (non-hydrogen) atoms. The summed E-state index contributed by atoms with van der Waals surface area (Å²) in [6, 6.07) is 7.88. The highest BCUT2D eigenvalue weighted by atomic mass is 32.2. The van der Waals surface area contributed by atoms with Gasteiger partial charge in [0, 0.05) is 5.25 Å². The Morgan fingerprint density at radius 1 is 1.22 bits per heavy atom. The van der Waals surface area contributed by atoms with E-state index in [-0.39, 0.29) is 0 Å². The topological polar surface area (TPSA) is 59.1 Å². The smallest absolute Gasteiger partial charge is 0.215 e. The number of ether oxygens (including phenoxy) is 1. The molecular weight excluding hydrogens is 328 g/mol. The lowest BCUT2D eigenvalue weighted by Gasteiger charge is -2.21. The van der Waals surface area contributed by atoms with Gasteiger partial charge in [0.15, 0.2) is 5.01 Å². The molecule has 1 aliphatic rings. The molecule has 0 aliphatic carbocycles. The Labute approximate surface area is 146 Å². The third kappa shape index (κ3) is 5.09. The number of aromatic nitrogens is 2. The number of anilines is 1. The molecule has 1 aromatic heterocycles. The van der Waals surface area contributed by atoms with E-state index in [4.69, 9.17) is 4.74 Å². The van der Waals surface area contributed by atoms with Crippen LogP contribution in [0.4, 0.5) is 5.13 Å². The van der Waals surface area contributed by atoms with Crippen LogP contribution < -0.4 is 14.8 Å². The van der Waals surface area contributed by atoms with Gasteiger partial charge in [-0.3, -0.25) is 0 Å². The van der Waals surface area contributed by atoms with E-state index >= 15 is 0 Å². The Kier molecular flexibility index (Phi) is 7.64. The maximum atomic E-state index is 5.37. The lowest BCUT2D eigenvalue weighted by atomic mass is 10.2. The minimum atomic E-state index is 0.643. The van der Waals surface area contributed by atoms with E-state index < -0.39 is 0 Å². The Hall–Kier alpha value is -1.31. The molecule has 1 aliphatic heterocycles. The van der Waals surface area contributed by atoms with Crippen LogP contribution in [-0.2, 0) is 0 Å². The summed E-state index contributed by atoms with van der Waals surface area (Å²) in [5, 5.41) is 14.2. The number of rotatable bonds is 5. The maximum absolute atomic E-state index is 5.37. The van der Waals surface area contributed by atoms with Gasteiger partial charge in [-0.05, 0) is 50.0 Å². The first-order chi connectivity index (χ1) is 11.4. The quantitative estimate of drug-likeness (QED) is 0.792. The molecule has 3 rings (SSSR count). The minimum Gasteiger partial charge on any atom is -0.496 e. The van der Waals surface area contributed by atoms with Crippen LogP contribution in [0, 0.1) is 0 Å². The van der Waals surface area contributed by atoms with Crippen LogP contribution in [-0.4, -0.2) is 35.6 Å². The van der Waals surface area contributed by atoms with Crippen LogP contribution in [0.1, 0.15) is 26.7 Å². The number of hydrogen-bond acceptors (Lipinski definition) is 7. The van der Waals surface area contributed by atoms with Crippen molar-refractivity contribution < 1.29 is 4.74 Å². The SMILES string of the molecule is CC.COc1ccccc1-c1nnc(NSC2CCNCC2)s1. The van der Waals surface area contributed by atoms with Gasteiger partial charge in [0.25, 0.3) is 0 Å². The summed E-state index contributed by atoms with van der Waals surface area (Å²) in [6.45, 7) is 6.20. The highest BCUT2D eigenvalue weighted by Crippen LogP contribution is 2.34. The van der Waals surface area contributed by atoms with E-state index in [1.807, 2.05) is 38.1 Å². The van der Waals surface area contributed by atoms with Crippen LogP contribution in [0.25, 0.3) is 10.6 Å². The second-order valence-electron chi connectivity index (χ2n) is 4.78. The van der Waals surface area contributed by atoms with E-state index in [0.717, 1.165) is 34.5 Å². The zero-order chi connectivity index (χ0) is 16.5. The van der Waals surface area contributed by atoms with Gasteiger partial charge < -0.3 is 14.8 Å². The lowest BCUT2D eigenvalue weighted by molar-refractivity contribution is 0.416. The second-order valence-corrected chi connectivity index (χ2v) is 6.87. The second kappa shape index (κ2) is 9.75. The zero-order valence-electron chi connectivity index (χ0n) is 13.8. The number of methoxy groups -OCH3 is 1.